The highest BCUT2D eigenvalue weighted by Gasteiger charge is 2.52. The molecule has 1 amide bonds. The molecular formula is C16H18N2O6. The second kappa shape index (κ2) is 5.19. The van der Waals surface area contributed by atoms with E-state index in [-0.39, 0.29) is 36.5 Å². The van der Waals surface area contributed by atoms with Crippen molar-refractivity contribution < 1.29 is 24.0 Å². The van der Waals surface area contributed by atoms with Crippen LogP contribution in [0.15, 0.2) is 18.2 Å². The van der Waals surface area contributed by atoms with Crippen molar-refractivity contribution in [1.82, 2.24) is 4.90 Å². The lowest BCUT2D eigenvalue weighted by molar-refractivity contribution is -0.384. The number of hydrogen-bond donors (Lipinski definition) is 0. The molecule has 1 aromatic carbocycles. The Hall–Kier alpha value is -2.64. The lowest BCUT2D eigenvalue weighted by Gasteiger charge is -2.50. The van der Waals surface area contributed by atoms with Gasteiger partial charge in [0.2, 0.25) is 0 Å². The molecule has 8 heteroatoms. The predicted octanol–water partition coefficient (Wildman–Crippen LogP) is 2.55. The Bertz CT molecular complexity index is 731. The Kier molecular flexibility index (Phi) is 3.51. The summed E-state index contributed by atoms with van der Waals surface area (Å²) in [7, 11) is 0. The van der Waals surface area contributed by atoms with E-state index in [0.29, 0.717) is 5.75 Å². The molecule has 0 N–H and O–H groups in total. The molecule has 8 nitrogen and oxygen atoms in total. The highest BCUT2D eigenvalue weighted by atomic mass is 16.6. The minimum absolute atomic E-state index is 0.0838. The molecule has 2 aliphatic rings. The summed E-state index contributed by atoms with van der Waals surface area (Å²) >= 11 is 0. The first kappa shape index (κ1) is 16.2. The quantitative estimate of drug-likeness (QED) is 0.578. The molecule has 1 saturated heterocycles. The van der Waals surface area contributed by atoms with E-state index in [9.17, 15) is 19.7 Å². The van der Waals surface area contributed by atoms with E-state index in [2.05, 4.69) is 0 Å². The van der Waals surface area contributed by atoms with Crippen LogP contribution in [0, 0.1) is 10.1 Å². The van der Waals surface area contributed by atoms with Crippen molar-refractivity contribution in [3.8, 4) is 5.75 Å². The molecule has 0 aromatic heterocycles. The Morgan fingerprint density at radius 1 is 1.38 bits per heavy atom. The van der Waals surface area contributed by atoms with Crippen molar-refractivity contribution in [1.29, 1.82) is 0 Å². The summed E-state index contributed by atoms with van der Waals surface area (Å²) in [4.78, 5) is 36.1. The number of ether oxygens (including phenoxy) is 2. The van der Waals surface area contributed by atoms with Crippen molar-refractivity contribution in [2.75, 3.05) is 13.1 Å². The maximum atomic E-state index is 12.3. The molecule has 0 radical (unpaired) electrons. The molecule has 0 atom stereocenters. The van der Waals surface area contributed by atoms with Crippen molar-refractivity contribution in [2.45, 2.75) is 38.4 Å². The van der Waals surface area contributed by atoms with Gasteiger partial charge < -0.3 is 9.47 Å². The van der Waals surface area contributed by atoms with E-state index in [1.807, 2.05) is 0 Å². The third kappa shape index (κ3) is 2.91. The molecule has 1 aromatic rings. The number of likely N-dealkylation sites (tertiary alicyclic amines) is 1. The summed E-state index contributed by atoms with van der Waals surface area (Å²) < 4.78 is 11.2. The standard InChI is InChI=1S/C16H18N2O6/c1-15(2,3)24-14(20)17-8-16(9-17)7-12(19)11-6-10(18(21)22)4-5-13(11)23-16/h4-6H,7-9H2,1-3H3. The first-order valence-electron chi connectivity index (χ1n) is 7.57. The number of nitro benzene ring substituents is 1. The number of Topliss-reactive ketones (excluding diaryl/α,β-unsaturated/α-hetero) is 1. The fraction of sp³-hybridized carbons (Fsp3) is 0.500. The van der Waals surface area contributed by atoms with Gasteiger partial charge in [-0.1, -0.05) is 0 Å². The van der Waals surface area contributed by atoms with Crippen LogP contribution in [-0.4, -0.2) is 46.0 Å². The van der Waals surface area contributed by atoms with E-state index in [0.717, 1.165) is 0 Å². The van der Waals surface area contributed by atoms with E-state index < -0.39 is 22.2 Å². The predicted molar refractivity (Wildman–Crippen MR) is 83.2 cm³/mol. The van der Waals surface area contributed by atoms with Gasteiger partial charge in [0.15, 0.2) is 11.4 Å². The molecule has 0 bridgehead atoms. The van der Waals surface area contributed by atoms with Crippen LogP contribution in [0.4, 0.5) is 10.5 Å². The smallest absolute Gasteiger partial charge is 0.410 e. The van der Waals surface area contributed by atoms with E-state index in [1.165, 1.54) is 23.1 Å². The number of carbonyl (C=O) groups excluding carboxylic acids is 2. The Balaban J connectivity index is 1.73. The van der Waals surface area contributed by atoms with Crippen LogP contribution in [0.1, 0.15) is 37.6 Å². The first-order chi connectivity index (χ1) is 11.1. The van der Waals surface area contributed by atoms with Crippen LogP contribution in [0.25, 0.3) is 0 Å². The van der Waals surface area contributed by atoms with Gasteiger partial charge in [-0.05, 0) is 26.8 Å². The number of carbonyl (C=O) groups is 2. The van der Waals surface area contributed by atoms with Crippen LogP contribution in [0.2, 0.25) is 0 Å². The van der Waals surface area contributed by atoms with Crippen LogP contribution in [-0.2, 0) is 4.74 Å². The van der Waals surface area contributed by atoms with Gasteiger partial charge >= 0.3 is 6.09 Å². The SMILES string of the molecule is CC(C)(C)OC(=O)N1CC2(CC(=O)c3cc([N+](=O)[O-])ccc3O2)C1. The summed E-state index contributed by atoms with van der Waals surface area (Å²) in [5.41, 5.74) is -1.29. The van der Waals surface area contributed by atoms with Gasteiger partial charge in [-0.3, -0.25) is 19.8 Å². The van der Waals surface area contributed by atoms with E-state index >= 15 is 0 Å². The number of hydrogen-bond acceptors (Lipinski definition) is 6. The first-order valence-corrected chi connectivity index (χ1v) is 7.57. The number of non-ortho nitro benzene ring substituents is 1. The summed E-state index contributed by atoms with van der Waals surface area (Å²) in [6.07, 6.45) is -0.362. The minimum Gasteiger partial charge on any atom is -0.482 e. The fourth-order valence-corrected chi connectivity index (χ4v) is 2.88. The zero-order chi connectivity index (χ0) is 17.7. The number of ketones is 1. The second-order valence-corrected chi connectivity index (χ2v) is 7.16. The maximum Gasteiger partial charge on any atom is 0.410 e. The lowest BCUT2D eigenvalue weighted by Crippen LogP contribution is -2.68. The zero-order valence-electron chi connectivity index (χ0n) is 13.7. The number of amides is 1. The molecule has 0 saturated carbocycles. The third-order valence-corrected chi connectivity index (χ3v) is 3.89. The van der Waals surface area contributed by atoms with Gasteiger partial charge in [0.1, 0.15) is 11.4 Å². The van der Waals surface area contributed by atoms with Crippen LogP contribution < -0.4 is 4.74 Å². The summed E-state index contributed by atoms with van der Waals surface area (Å²) in [5, 5.41) is 10.8. The second-order valence-electron chi connectivity index (χ2n) is 7.16. The highest BCUT2D eigenvalue weighted by Crippen LogP contribution is 2.40. The molecule has 0 unspecified atom stereocenters. The maximum absolute atomic E-state index is 12.3. The van der Waals surface area contributed by atoms with Crippen molar-refractivity contribution in [3.63, 3.8) is 0 Å². The normalized spacial score (nSPS) is 18.5. The molecule has 3 rings (SSSR count). The van der Waals surface area contributed by atoms with Gasteiger partial charge in [0.05, 0.1) is 30.0 Å². The van der Waals surface area contributed by atoms with Gasteiger partial charge in [-0.15, -0.1) is 0 Å². The Morgan fingerprint density at radius 3 is 2.62 bits per heavy atom. The molecule has 128 valence electrons. The molecule has 1 fully saturated rings. The number of rotatable bonds is 1. The monoisotopic (exact) mass is 334 g/mol. The number of fused-ring (bicyclic) bond motifs is 1. The van der Waals surface area contributed by atoms with Crippen LogP contribution in [0.3, 0.4) is 0 Å². The van der Waals surface area contributed by atoms with Crippen LogP contribution >= 0.6 is 0 Å². The third-order valence-electron chi connectivity index (χ3n) is 3.89. The Morgan fingerprint density at radius 2 is 2.04 bits per heavy atom. The summed E-state index contributed by atoms with van der Waals surface area (Å²) in [6.45, 7) is 5.85. The van der Waals surface area contributed by atoms with Gasteiger partial charge in [0.25, 0.3) is 5.69 Å². The summed E-state index contributed by atoms with van der Waals surface area (Å²) in [5.74, 6) is 0.101. The Labute approximate surface area is 138 Å². The van der Waals surface area contributed by atoms with Crippen LogP contribution in [0.5, 0.6) is 5.75 Å². The van der Waals surface area contributed by atoms with E-state index in [4.69, 9.17) is 9.47 Å². The fourth-order valence-electron chi connectivity index (χ4n) is 2.88. The summed E-state index contributed by atoms with van der Waals surface area (Å²) in [6, 6.07) is 3.96. The van der Waals surface area contributed by atoms with Crippen molar-refractivity contribution >= 4 is 17.6 Å². The number of benzene rings is 1. The average Bonchev–Trinajstić information content (AvgIpc) is 2.42. The topological polar surface area (TPSA) is 99.0 Å². The van der Waals surface area contributed by atoms with Gasteiger partial charge in [-0.2, -0.15) is 0 Å². The average molecular weight is 334 g/mol. The molecule has 0 aliphatic carbocycles. The molecule has 24 heavy (non-hydrogen) atoms. The van der Waals surface area contributed by atoms with Gasteiger partial charge in [-0.25, -0.2) is 4.79 Å². The van der Waals surface area contributed by atoms with Crippen molar-refractivity contribution in [3.05, 3.63) is 33.9 Å². The van der Waals surface area contributed by atoms with Crippen molar-refractivity contribution in [2.24, 2.45) is 0 Å². The molecule has 2 aliphatic heterocycles. The molecule has 2 heterocycles. The molecule has 1 spiro atoms. The van der Waals surface area contributed by atoms with E-state index in [1.54, 1.807) is 20.8 Å². The number of nitro groups is 1. The zero-order valence-corrected chi connectivity index (χ0v) is 13.7. The lowest BCUT2D eigenvalue weighted by atomic mass is 9.84. The minimum atomic E-state index is -0.767. The van der Waals surface area contributed by atoms with Gasteiger partial charge in [0, 0.05) is 12.1 Å². The number of nitrogens with zero attached hydrogens (tertiary/aromatic N) is 2. The largest absolute Gasteiger partial charge is 0.482 e. The highest BCUT2D eigenvalue weighted by molar-refractivity contribution is 6.01. The molecular weight excluding hydrogens is 316 g/mol.